The third kappa shape index (κ3) is 1.40. The van der Waals surface area contributed by atoms with E-state index in [0.717, 1.165) is 25.7 Å². The molecule has 1 saturated carbocycles. The predicted molar refractivity (Wildman–Crippen MR) is 57.9 cm³/mol. The van der Waals surface area contributed by atoms with Crippen LogP contribution in [0.25, 0.3) is 0 Å². The number of sulfone groups is 1. The van der Waals surface area contributed by atoms with Gasteiger partial charge in [0.2, 0.25) is 0 Å². The van der Waals surface area contributed by atoms with Gasteiger partial charge in [0.1, 0.15) is 0 Å². The lowest BCUT2D eigenvalue weighted by Gasteiger charge is -2.16. The van der Waals surface area contributed by atoms with E-state index in [1.165, 1.54) is 0 Å². The Morgan fingerprint density at radius 2 is 1.79 bits per heavy atom. The van der Waals surface area contributed by atoms with E-state index in [1.54, 1.807) is 0 Å². The molecule has 0 spiro atoms. The van der Waals surface area contributed by atoms with E-state index in [-0.39, 0.29) is 5.25 Å². The van der Waals surface area contributed by atoms with Crippen LogP contribution in [0.1, 0.15) is 39.5 Å². The average Bonchev–Trinajstić information content (AvgIpc) is 2.65. The van der Waals surface area contributed by atoms with Crippen molar-refractivity contribution in [3.63, 3.8) is 0 Å². The van der Waals surface area contributed by atoms with Crippen LogP contribution in [0.5, 0.6) is 0 Å². The second-order valence-electron chi connectivity index (χ2n) is 4.86. The Balaban J connectivity index is 2.28. The highest BCUT2D eigenvalue weighted by Gasteiger charge is 2.52. The van der Waals surface area contributed by atoms with Crippen LogP contribution in [0.15, 0.2) is 0 Å². The van der Waals surface area contributed by atoms with Gasteiger partial charge >= 0.3 is 0 Å². The number of rotatable bonds is 2. The van der Waals surface area contributed by atoms with Gasteiger partial charge in [-0.25, -0.2) is 8.42 Å². The van der Waals surface area contributed by atoms with Crippen LogP contribution in [-0.4, -0.2) is 19.4 Å². The van der Waals surface area contributed by atoms with Gasteiger partial charge in [0.25, 0.3) is 0 Å². The molecule has 1 heterocycles. The van der Waals surface area contributed by atoms with Crippen LogP contribution in [0.4, 0.5) is 0 Å². The van der Waals surface area contributed by atoms with Crippen molar-refractivity contribution in [3.05, 3.63) is 0 Å². The van der Waals surface area contributed by atoms with Crippen LogP contribution < -0.4 is 0 Å². The summed E-state index contributed by atoms with van der Waals surface area (Å²) in [6, 6.07) is 0. The van der Waals surface area contributed by atoms with Gasteiger partial charge in [-0.15, -0.1) is 0 Å². The van der Waals surface area contributed by atoms with E-state index < -0.39 is 9.84 Å². The molecule has 0 bridgehead atoms. The first-order valence-corrected chi connectivity index (χ1v) is 7.53. The van der Waals surface area contributed by atoms with E-state index in [9.17, 15) is 8.42 Å². The van der Waals surface area contributed by atoms with Gasteiger partial charge in [0.05, 0.1) is 11.0 Å². The molecule has 1 aliphatic heterocycles. The van der Waals surface area contributed by atoms with E-state index in [4.69, 9.17) is 0 Å². The number of hydrogen-bond acceptors (Lipinski definition) is 2. The Kier molecular flexibility index (Phi) is 2.63. The van der Waals surface area contributed by atoms with Gasteiger partial charge in [0, 0.05) is 0 Å². The zero-order valence-electron chi connectivity index (χ0n) is 9.07. The fourth-order valence-electron chi connectivity index (χ4n) is 3.58. The van der Waals surface area contributed by atoms with E-state index >= 15 is 0 Å². The standard InChI is InChI=1S/C11H20O2S/c1-3-8-7-9(4-2)11-10(8)5-6-14(11,12)13/h8-11H,3-7H2,1-2H3. The molecule has 0 N–H and O–H groups in total. The van der Waals surface area contributed by atoms with Crippen LogP contribution in [0.3, 0.4) is 0 Å². The summed E-state index contributed by atoms with van der Waals surface area (Å²) < 4.78 is 23.7. The molecule has 0 aromatic carbocycles. The van der Waals surface area contributed by atoms with Gasteiger partial charge < -0.3 is 0 Å². The predicted octanol–water partition coefficient (Wildman–Crippen LogP) is 2.25. The summed E-state index contributed by atoms with van der Waals surface area (Å²) in [5, 5.41) is 0.0254. The van der Waals surface area contributed by atoms with Crippen molar-refractivity contribution in [2.45, 2.75) is 44.8 Å². The largest absolute Gasteiger partial charge is 0.229 e. The Bertz CT molecular complexity index is 307. The minimum absolute atomic E-state index is 0.0254. The molecule has 4 atom stereocenters. The molecule has 0 amide bonds. The van der Waals surface area contributed by atoms with Crippen molar-refractivity contribution in [1.29, 1.82) is 0 Å². The quantitative estimate of drug-likeness (QED) is 0.709. The van der Waals surface area contributed by atoms with Gasteiger partial charge in [0.15, 0.2) is 9.84 Å². The summed E-state index contributed by atoms with van der Waals surface area (Å²) in [6.45, 7) is 4.33. The summed E-state index contributed by atoms with van der Waals surface area (Å²) in [5.41, 5.74) is 0. The Morgan fingerprint density at radius 3 is 2.36 bits per heavy atom. The maximum atomic E-state index is 11.9. The summed E-state index contributed by atoms with van der Waals surface area (Å²) in [4.78, 5) is 0. The van der Waals surface area contributed by atoms with E-state index in [0.29, 0.717) is 23.5 Å². The normalized spacial score (nSPS) is 45.3. The number of fused-ring (bicyclic) bond motifs is 1. The third-order valence-electron chi connectivity index (χ3n) is 4.30. The molecule has 14 heavy (non-hydrogen) atoms. The smallest absolute Gasteiger partial charge is 0.153 e. The molecule has 2 nitrogen and oxygen atoms in total. The fraction of sp³-hybridized carbons (Fsp3) is 1.00. The lowest BCUT2D eigenvalue weighted by Crippen LogP contribution is -2.25. The van der Waals surface area contributed by atoms with Crippen molar-refractivity contribution in [1.82, 2.24) is 0 Å². The maximum absolute atomic E-state index is 11.9. The summed E-state index contributed by atoms with van der Waals surface area (Å²) in [7, 11) is -2.73. The average molecular weight is 216 g/mol. The van der Waals surface area contributed by atoms with Crippen LogP contribution in [-0.2, 0) is 9.84 Å². The molecule has 2 rings (SSSR count). The zero-order valence-corrected chi connectivity index (χ0v) is 9.89. The first-order valence-electron chi connectivity index (χ1n) is 5.81. The van der Waals surface area contributed by atoms with Gasteiger partial charge in [-0.3, -0.25) is 0 Å². The molecule has 82 valence electrons. The topological polar surface area (TPSA) is 34.1 Å². The molecular weight excluding hydrogens is 196 g/mol. The third-order valence-corrected chi connectivity index (χ3v) is 6.67. The van der Waals surface area contributed by atoms with Crippen LogP contribution in [0, 0.1) is 17.8 Å². The molecule has 2 fully saturated rings. The molecule has 0 aromatic heterocycles. The summed E-state index contributed by atoms with van der Waals surface area (Å²) >= 11 is 0. The molecule has 1 aliphatic carbocycles. The zero-order chi connectivity index (χ0) is 10.3. The van der Waals surface area contributed by atoms with Crippen molar-refractivity contribution < 1.29 is 8.42 Å². The second-order valence-corrected chi connectivity index (χ2v) is 7.13. The summed E-state index contributed by atoms with van der Waals surface area (Å²) in [6.07, 6.45) is 4.29. The van der Waals surface area contributed by atoms with Crippen molar-refractivity contribution in [2.75, 3.05) is 5.75 Å². The number of hydrogen-bond donors (Lipinski definition) is 0. The van der Waals surface area contributed by atoms with E-state index in [2.05, 4.69) is 13.8 Å². The van der Waals surface area contributed by atoms with Gasteiger partial charge in [-0.05, 0) is 30.6 Å². The molecule has 0 radical (unpaired) electrons. The molecule has 3 heteroatoms. The lowest BCUT2D eigenvalue weighted by atomic mass is 9.92. The highest BCUT2D eigenvalue weighted by molar-refractivity contribution is 7.92. The minimum atomic E-state index is -2.73. The lowest BCUT2D eigenvalue weighted by molar-refractivity contribution is 0.382. The Hall–Kier alpha value is -0.0500. The highest BCUT2D eigenvalue weighted by atomic mass is 32.2. The first-order chi connectivity index (χ1) is 6.60. The van der Waals surface area contributed by atoms with Crippen molar-refractivity contribution in [2.24, 2.45) is 17.8 Å². The molecule has 2 aliphatic rings. The molecule has 4 unspecified atom stereocenters. The molecular formula is C11H20O2S. The molecule has 1 saturated heterocycles. The Morgan fingerprint density at radius 1 is 1.14 bits per heavy atom. The van der Waals surface area contributed by atoms with Gasteiger partial charge in [-0.1, -0.05) is 26.7 Å². The van der Waals surface area contributed by atoms with Crippen molar-refractivity contribution >= 4 is 9.84 Å². The highest BCUT2D eigenvalue weighted by Crippen LogP contribution is 2.49. The second kappa shape index (κ2) is 3.51. The van der Waals surface area contributed by atoms with Crippen LogP contribution in [0.2, 0.25) is 0 Å². The van der Waals surface area contributed by atoms with E-state index in [1.807, 2.05) is 0 Å². The Labute approximate surface area is 87.0 Å². The van der Waals surface area contributed by atoms with Crippen molar-refractivity contribution in [3.8, 4) is 0 Å². The SMILES string of the molecule is CCC1CC(CC)C2C1CCS2(=O)=O. The maximum Gasteiger partial charge on any atom is 0.153 e. The molecule has 0 aromatic rings. The fourth-order valence-corrected chi connectivity index (χ4v) is 6.23. The van der Waals surface area contributed by atoms with Crippen LogP contribution >= 0.6 is 0 Å². The van der Waals surface area contributed by atoms with Gasteiger partial charge in [-0.2, -0.15) is 0 Å². The summed E-state index contributed by atoms with van der Waals surface area (Å²) in [5.74, 6) is 2.09. The minimum Gasteiger partial charge on any atom is -0.229 e. The monoisotopic (exact) mass is 216 g/mol. The first kappa shape index (κ1) is 10.5.